The molecule has 0 aliphatic heterocycles. The van der Waals surface area contributed by atoms with E-state index >= 15 is 0 Å². The average molecular weight is 334 g/mol. The predicted octanol–water partition coefficient (Wildman–Crippen LogP) is 3.22. The Morgan fingerprint density at radius 3 is 2.70 bits per heavy atom. The number of nitrogens with zero attached hydrogens (tertiary/aromatic N) is 1. The molecule has 0 spiro atoms. The van der Waals surface area contributed by atoms with Gasteiger partial charge in [0, 0.05) is 0 Å². The van der Waals surface area contributed by atoms with Crippen molar-refractivity contribution >= 4 is 23.6 Å². The summed E-state index contributed by atoms with van der Waals surface area (Å²) in [5, 5.41) is 9.36. The summed E-state index contributed by atoms with van der Waals surface area (Å²) in [6.45, 7) is 3.43. The molecule has 0 saturated carbocycles. The normalized spacial score (nSPS) is 10.7. The topological polar surface area (TPSA) is 68.5 Å². The van der Waals surface area contributed by atoms with Crippen molar-refractivity contribution in [3.8, 4) is 29.9 Å². The van der Waals surface area contributed by atoms with Crippen molar-refractivity contribution in [1.82, 2.24) is 0 Å². The Hall–Kier alpha value is -2.63. The van der Waals surface area contributed by atoms with Crippen molar-refractivity contribution in [3.05, 3.63) is 28.3 Å². The van der Waals surface area contributed by atoms with Gasteiger partial charge < -0.3 is 14.2 Å². The molecule has 1 aromatic rings. The number of terminal acetylenes is 1. The number of carbonyl (C=O) groups excluding carboxylic acids is 1. The van der Waals surface area contributed by atoms with Gasteiger partial charge in [-0.1, -0.05) is 17.5 Å². The van der Waals surface area contributed by atoms with E-state index in [9.17, 15) is 4.79 Å². The minimum atomic E-state index is -0.703. The average Bonchev–Trinajstić information content (AvgIpc) is 2.50. The first-order chi connectivity index (χ1) is 10.9. The fraction of sp³-hybridized carbons (Fsp3) is 0.294. The molecule has 0 aliphatic rings. The third-order valence-electron chi connectivity index (χ3n) is 2.55. The number of hydrogen-bond donors (Lipinski definition) is 0. The van der Waals surface area contributed by atoms with Crippen LogP contribution in [0.4, 0.5) is 0 Å². The maximum absolute atomic E-state index is 11.8. The maximum atomic E-state index is 11.8. The summed E-state index contributed by atoms with van der Waals surface area (Å²) in [6.07, 6.45) is 6.19. The molecular formula is C17H16ClNO4. The summed E-state index contributed by atoms with van der Waals surface area (Å²) >= 11 is 6.14. The summed E-state index contributed by atoms with van der Waals surface area (Å²) < 4.78 is 15.5. The Balaban J connectivity index is 3.21. The van der Waals surface area contributed by atoms with Gasteiger partial charge in [0.15, 0.2) is 11.5 Å². The van der Waals surface area contributed by atoms with E-state index < -0.39 is 5.97 Å². The van der Waals surface area contributed by atoms with Gasteiger partial charge in [-0.15, -0.1) is 6.42 Å². The van der Waals surface area contributed by atoms with Crippen LogP contribution in [0.25, 0.3) is 6.08 Å². The zero-order valence-electron chi connectivity index (χ0n) is 13.1. The molecule has 120 valence electrons. The third kappa shape index (κ3) is 5.25. The van der Waals surface area contributed by atoms with Crippen LogP contribution in [-0.2, 0) is 9.53 Å². The van der Waals surface area contributed by atoms with Crippen LogP contribution < -0.4 is 9.47 Å². The first kappa shape index (κ1) is 18.4. The van der Waals surface area contributed by atoms with Gasteiger partial charge in [0.25, 0.3) is 0 Å². The van der Waals surface area contributed by atoms with E-state index in [4.69, 9.17) is 37.5 Å². The molecule has 0 atom stereocenters. The second-order valence-electron chi connectivity index (χ2n) is 4.65. The van der Waals surface area contributed by atoms with Gasteiger partial charge in [0.05, 0.1) is 18.2 Å². The number of rotatable bonds is 6. The summed E-state index contributed by atoms with van der Waals surface area (Å²) in [7, 11) is 1.44. The molecule has 0 N–H and O–H groups in total. The number of methoxy groups -OCH3 is 1. The van der Waals surface area contributed by atoms with Crippen LogP contribution >= 0.6 is 11.6 Å². The molecule has 0 bridgehead atoms. The van der Waals surface area contributed by atoms with Crippen molar-refractivity contribution in [3.63, 3.8) is 0 Å². The Morgan fingerprint density at radius 2 is 2.17 bits per heavy atom. The standard InChI is InChI=1S/C17H16ClNO4/c1-5-6-22-16-14(18)8-12(9-15(16)21-4)7-13(10-19)17(20)23-11(2)3/h1,7-9,11H,6H2,2-4H3/b13-7+. The Labute approximate surface area is 140 Å². The number of carbonyl (C=O) groups is 1. The lowest BCUT2D eigenvalue weighted by Gasteiger charge is -2.12. The highest BCUT2D eigenvalue weighted by molar-refractivity contribution is 6.32. The highest BCUT2D eigenvalue weighted by Crippen LogP contribution is 2.37. The Morgan fingerprint density at radius 1 is 1.48 bits per heavy atom. The van der Waals surface area contributed by atoms with Gasteiger partial charge in [0.2, 0.25) is 0 Å². The van der Waals surface area contributed by atoms with Gasteiger partial charge in [-0.2, -0.15) is 5.26 Å². The van der Waals surface area contributed by atoms with Crippen LogP contribution in [0.2, 0.25) is 5.02 Å². The molecule has 0 amide bonds. The monoisotopic (exact) mass is 333 g/mol. The summed E-state index contributed by atoms with van der Waals surface area (Å²) in [5.74, 6) is 2.27. The van der Waals surface area contributed by atoms with E-state index in [-0.39, 0.29) is 23.3 Å². The van der Waals surface area contributed by atoms with E-state index in [2.05, 4.69) is 5.92 Å². The third-order valence-corrected chi connectivity index (χ3v) is 2.83. The molecule has 5 nitrogen and oxygen atoms in total. The van der Waals surface area contributed by atoms with Gasteiger partial charge in [-0.25, -0.2) is 4.79 Å². The van der Waals surface area contributed by atoms with Crippen molar-refractivity contribution in [2.45, 2.75) is 20.0 Å². The lowest BCUT2D eigenvalue weighted by molar-refractivity contribution is -0.142. The van der Waals surface area contributed by atoms with Crippen LogP contribution in [0.5, 0.6) is 11.5 Å². The van der Waals surface area contributed by atoms with Crippen LogP contribution in [0, 0.1) is 23.7 Å². The molecule has 0 aliphatic carbocycles. The number of hydrogen-bond acceptors (Lipinski definition) is 5. The lowest BCUT2D eigenvalue weighted by Crippen LogP contribution is -2.12. The lowest BCUT2D eigenvalue weighted by atomic mass is 10.1. The van der Waals surface area contributed by atoms with Crippen LogP contribution in [-0.4, -0.2) is 25.8 Å². The molecule has 0 aromatic heterocycles. The van der Waals surface area contributed by atoms with Crippen LogP contribution in [0.3, 0.4) is 0 Å². The highest BCUT2D eigenvalue weighted by atomic mass is 35.5. The number of halogens is 1. The maximum Gasteiger partial charge on any atom is 0.349 e. The smallest absolute Gasteiger partial charge is 0.349 e. The fourth-order valence-electron chi connectivity index (χ4n) is 1.66. The van der Waals surface area contributed by atoms with Gasteiger partial charge in [0.1, 0.15) is 18.2 Å². The highest BCUT2D eigenvalue weighted by Gasteiger charge is 2.15. The summed E-state index contributed by atoms with van der Waals surface area (Å²) in [4.78, 5) is 11.8. The summed E-state index contributed by atoms with van der Waals surface area (Å²) in [6, 6.07) is 4.93. The van der Waals surface area contributed by atoms with Crippen LogP contribution in [0.15, 0.2) is 17.7 Å². The quantitative estimate of drug-likeness (QED) is 0.346. The number of benzene rings is 1. The fourth-order valence-corrected chi connectivity index (χ4v) is 1.93. The first-order valence-corrected chi connectivity index (χ1v) is 7.07. The number of nitriles is 1. The predicted molar refractivity (Wildman–Crippen MR) is 87.2 cm³/mol. The van der Waals surface area contributed by atoms with Crippen molar-refractivity contribution in [1.29, 1.82) is 5.26 Å². The molecule has 1 rings (SSSR count). The Bertz CT molecular complexity index is 696. The number of esters is 1. The van der Waals surface area contributed by atoms with Crippen LogP contribution in [0.1, 0.15) is 19.4 Å². The second-order valence-corrected chi connectivity index (χ2v) is 5.06. The molecule has 0 fully saturated rings. The second kappa shape index (κ2) is 8.73. The van der Waals surface area contributed by atoms with Crippen molar-refractivity contribution in [2.24, 2.45) is 0 Å². The molecule has 1 aromatic carbocycles. The minimum Gasteiger partial charge on any atom is -0.493 e. The SMILES string of the molecule is C#CCOc1c(Cl)cc(/C=C(\C#N)C(=O)OC(C)C)cc1OC. The zero-order chi connectivity index (χ0) is 17.4. The molecule has 23 heavy (non-hydrogen) atoms. The van der Waals surface area contributed by atoms with E-state index in [1.165, 1.54) is 19.3 Å². The number of ether oxygens (including phenoxy) is 3. The summed E-state index contributed by atoms with van der Waals surface area (Å²) in [5.41, 5.74) is 0.353. The van der Waals surface area contributed by atoms with E-state index in [1.54, 1.807) is 26.0 Å². The van der Waals surface area contributed by atoms with E-state index in [0.717, 1.165) is 0 Å². The Kier molecular flexibility index (Phi) is 6.99. The molecular weight excluding hydrogens is 318 g/mol. The van der Waals surface area contributed by atoms with Gasteiger partial charge in [-0.05, 0) is 37.6 Å². The largest absolute Gasteiger partial charge is 0.493 e. The molecule has 6 heteroatoms. The minimum absolute atomic E-state index is 0.0371. The van der Waals surface area contributed by atoms with Gasteiger partial charge >= 0.3 is 5.97 Å². The molecule has 0 saturated heterocycles. The molecule has 0 radical (unpaired) electrons. The van der Waals surface area contributed by atoms with Crippen molar-refractivity contribution < 1.29 is 19.0 Å². The molecule has 0 unspecified atom stereocenters. The molecule has 0 heterocycles. The van der Waals surface area contributed by atoms with Gasteiger partial charge in [-0.3, -0.25) is 0 Å². The van der Waals surface area contributed by atoms with E-state index in [1.807, 2.05) is 0 Å². The zero-order valence-corrected chi connectivity index (χ0v) is 13.8. The van der Waals surface area contributed by atoms with E-state index in [0.29, 0.717) is 17.1 Å². The first-order valence-electron chi connectivity index (χ1n) is 6.69. The van der Waals surface area contributed by atoms with Crippen molar-refractivity contribution in [2.75, 3.05) is 13.7 Å².